The van der Waals surface area contributed by atoms with Crippen molar-refractivity contribution in [2.75, 3.05) is 51.2 Å². The van der Waals surface area contributed by atoms with Crippen LogP contribution in [-0.2, 0) is 9.59 Å². The molecule has 0 spiro atoms. The van der Waals surface area contributed by atoms with E-state index in [1.807, 2.05) is 29.1 Å². The molecule has 47 heavy (non-hydrogen) atoms. The number of aromatic amines is 1. The van der Waals surface area contributed by atoms with Gasteiger partial charge in [-0.3, -0.25) is 24.3 Å². The van der Waals surface area contributed by atoms with Crippen LogP contribution in [0.5, 0.6) is 0 Å². The molecule has 4 aliphatic heterocycles. The van der Waals surface area contributed by atoms with Crippen LogP contribution in [0.25, 0.3) is 22.0 Å². The molecule has 4 saturated heterocycles. The number of carbonyl (C=O) groups excluding carboxylic acids is 2. The highest BCUT2D eigenvalue weighted by Gasteiger charge is 2.46. The largest absolute Gasteiger partial charge is 0.349 e. The number of aromatic nitrogens is 4. The Morgan fingerprint density at radius 2 is 1.89 bits per heavy atom. The minimum atomic E-state index is -0.199. The lowest BCUT2D eigenvalue weighted by atomic mass is 9.81. The van der Waals surface area contributed by atoms with Crippen LogP contribution in [-0.4, -0.2) is 104 Å². The first-order chi connectivity index (χ1) is 22.5. The molecule has 2 amide bonds. The maximum absolute atomic E-state index is 13.1. The van der Waals surface area contributed by atoms with Gasteiger partial charge in [0.2, 0.25) is 11.8 Å². The Labute approximate surface area is 287 Å². The molecule has 4 aliphatic rings. The van der Waals surface area contributed by atoms with E-state index < -0.39 is 0 Å². The summed E-state index contributed by atoms with van der Waals surface area (Å²) >= 11 is 13.8. The van der Waals surface area contributed by atoms with Gasteiger partial charge in [0, 0.05) is 73.4 Å². The monoisotopic (exact) mass is 680 g/mol. The van der Waals surface area contributed by atoms with E-state index in [-0.39, 0.29) is 23.5 Å². The summed E-state index contributed by atoms with van der Waals surface area (Å²) in [4.78, 5) is 34.2. The predicted molar refractivity (Wildman–Crippen MR) is 187 cm³/mol. The number of nitrogens with one attached hydrogen (secondary N) is 1. The summed E-state index contributed by atoms with van der Waals surface area (Å²) in [5, 5.41) is 14.7. The summed E-state index contributed by atoms with van der Waals surface area (Å²) in [6.07, 6.45) is 9.14. The van der Waals surface area contributed by atoms with E-state index in [9.17, 15) is 9.59 Å². The molecule has 0 radical (unpaired) electrons. The van der Waals surface area contributed by atoms with E-state index >= 15 is 0 Å². The number of amides is 2. The van der Waals surface area contributed by atoms with Gasteiger partial charge in [-0.05, 0) is 83.9 Å². The molecule has 3 aromatic rings. The number of rotatable bonds is 6. The summed E-state index contributed by atoms with van der Waals surface area (Å²) in [7, 11) is 1.95. The highest BCUT2D eigenvalue weighted by atomic mass is 35.5. The molecule has 4 fully saturated rings. The zero-order valence-electron chi connectivity index (χ0n) is 27.9. The maximum Gasteiger partial charge on any atom is 0.245 e. The highest BCUT2D eigenvalue weighted by molar-refractivity contribution is 6.45. The molecular weight excluding hydrogens is 635 g/mol. The van der Waals surface area contributed by atoms with Crippen molar-refractivity contribution in [3.05, 3.63) is 40.7 Å². The third-order valence-corrected chi connectivity index (χ3v) is 12.1. The van der Waals surface area contributed by atoms with Gasteiger partial charge in [0.15, 0.2) is 5.82 Å². The van der Waals surface area contributed by atoms with Crippen LogP contribution in [0.4, 0.5) is 5.82 Å². The SMILES string of the molecule is C=CC(=O)N1CCC(n2nc(N3CC[C@@H](CN4CCCC5CN(C)C(=O)C54)CC3(C)C)c(-c3c(Cl)c(Cl)cc4[nH]ncc34)c2C)CC1. The number of hydrogen-bond acceptors (Lipinski definition) is 6. The van der Waals surface area contributed by atoms with Crippen molar-refractivity contribution in [3.63, 3.8) is 0 Å². The lowest BCUT2D eigenvalue weighted by Crippen LogP contribution is -2.55. The summed E-state index contributed by atoms with van der Waals surface area (Å²) in [6.45, 7) is 15.4. The van der Waals surface area contributed by atoms with Crippen molar-refractivity contribution >= 4 is 51.7 Å². The maximum atomic E-state index is 13.1. The number of anilines is 1. The molecule has 10 nitrogen and oxygen atoms in total. The number of H-pyrrole nitrogens is 1. The number of carbonyl (C=O) groups is 2. The first-order valence-electron chi connectivity index (χ1n) is 17.1. The smallest absolute Gasteiger partial charge is 0.245 e. The molecule has 2 unspecified atom stereocenters. The fourth-order valence-electron chi connectivity index (χ4n) is 9.06. The molecule has 2 aromatic heterocycles. The normalized spacial score (nSPS) is 25.5. The average molecular weight is 682 g/mol. The Bertz CT molecular complexity index is 1710. The second-order valence-electron chi connectivity index (χ2n) is 14.8. The van der Waals surface area contributed by atoms with Gasteiger partial charge in [0.25, 0.3) is 0 Å². The molecule has 1 N–H and O–H groups in total. The van der Waals surface area contributed by atoms with E-state index in [1.165, 1.54) is 6.08 Å². The fraction of sp³-hybridized carbons (Fsp3) is 0.600. The van der Waals surface area contributed by atoms with E-state index in [4.69, 9.17) is 28.3 Å². The lowest BCUT2D eigenvalue weighted by Gasteiger charge is -2.48. The van der Waals surface area contributed by atoms with Crippen LogP contribution in [0.2, 0.25) is 10.0 Å². The minimum absolute atomic E-state index is 0.0240. The van der Waals surface area contributed by atoms with E-state index in [2.05, 4.69) is 52.0 Å². The first kappa shape index (κ1) is 32.5. The molecule has 6 heterocycles. The van der Waals surface area contributed by atoms with E-state index in [0.717, 1.165) is 98.2 Å². The molecule has 0 bridgehead atoms. The molecule has 0 saturated carbocycles. The number of benzene rings is 1. The topological polar surface area (TPSA) is 93.6 Å². The standard InChI is InChI=1S/C35H46Cl2N8O2/c1-6-28(46)42-13-10-24(11-14-42)45-21(2)29(30-25-18-38-39-27(25)16-26(36)31(30)37)33(40-45)44-15-9-22(17-35(44,3)4)19-43-12-7-8-23-20-41(5)34(47)32(23)43/h6,16,18,22-24,32H,1,7-15,17,19-20H2,2-5H3,(H,38,39)/t22-,23?,32?/m1/s1. The van der Waals surface area contributed by atoms with Gasteiger partial charge >= 0.3 is 0 Å². The van der Waals surface area contributed by atoms with E-state index in [0.29, 0.717) is 40.9 Å². The van der Waals surface area contributed by atoms with Gasteiger partial charge in [0.1, 0.15) is 0 Å². The Kier molecular flexibility index (Phi) is 8.58. The van der Waals surface area contributed by atoms with Crippen molar-refractivity contribution in [2.24, 2.45) is 11.8 Å². The van der Waals surface area contributed by atoms with Gasteiger partial charge in [0.05, 0.1) is 33.8 Å². The minimum Gasteiger partial charge on any atom is -0.349 e. The molecule has 252 valence electrons. The highest BCUT2D eigenvalue weighted by Crippen LogP contribution is 2.48. The summed E-state index contributed by atoms with van der Waals surface area (Å²) in [6, 6.07) is 2.01. The third kappa shape index (κ3) is 5.64. The Balaban J connectivity index is 1.22. The number of likely N-dealkylation sites (N-methyl/N-ethyl adjacent to an activating group) is 1. The number of likely N-dealkylation sites (tertiary alicyclic amines) is 3. The third-order valence-electron chi connectivity index (χ3n) is 11.3. The van der Waals surface area contributed by atoms with Gasteiger partial charge in [-0.2, -0.15) is 10.2 Å². The second kappa shape index (κ2) is 12.4. The molecule has 0 aliphatic carbocycles. The summed E-state index contributed by atoms with van der Waals surface area (Å²) < 4.78 is 2.17. The Morgan fingerprint density at radius 3 is 2.62 bits per heavy atom. The fourth-order valence-corrected chi connectivity index (χ4v) is 9.52. The van der Waals surface area contributed by atoms with Crippen LogP contribution in [0, 0.1) is 18.8 Å². The zero-order chi connectivity index (χ0) is 33.2. The van der Waals surface area contributed by atoms with Gasteiger partial charge in [-0.1, -0.05) is 29.8 Å². The van der Waals surface area contributed by atoms with Crippen molar-refractivity contribution in [1.82, 2.24) is 34.7 Å². The number of halogens is 2. The van der Waals surface area contributed by atoms with Crippen LogP contribution >= 0.6 is 23.2 Å². The first-order valence-corrected chi connectivity index (χ1v) is 17.8. The molecule has 7 rings (SSSR count). The van der Waals surface area contributed by atoms with Gasteiger partial charge in [-0.15, -0.1) is 0 Å². The quantitative estimate of drug-likeness (QED) is 0.324. The lowest BCUT2D eigenvalue weighted by molar-refractivity contribution is -0.132. The predicted octanol–water partition coefficient (Wildman–Crippen LogP) is 5.94. The van der Waals surface area contributed by atoms with Crippen LogP contribution in [0.1, 0.15) is 64.1 Å². The van der Waals surface area contributed by atoms with Crippen molar-refractivity contribution in [1.29, 1.82) is 0 Å². The van der Waals surface area contributed by atoms with Crippen molar-refractivity contribution in [3.8, 4) is 11.1 Å². The van der Waals surface area contributed by atoms with E-state index in [1.54, 1.807) is 0 Å². The second-order valence-corrected chi connectivity index (χ2v) is 15.5. The summed E-state index contributed by atoms with van der Waals surface area (Å²) in [5.74, 6) is 2.11. The Hall–Kier alpha value is -3.08. The molecule has 1 aromatic carbocycles. The number of fused-ring (bicyclic) bond motifs is 2. The average Bonchev–Trinajstić information content (AvgIpc) is 3.73. The zero-order valence-corrected chi connectivity index (χ0v) is 29.4. The number of hydrogen-bond donors (Lipinski definition) is 1. The van der Waals surface area contributed by atoms with Crippen LogP contribution < -0.4 is 4.90 Å². The Morgan fingerprint density at radius 1 is 1.13 bits per heavy atom. The number of piperidine rings is 3. The van der Waals surface area contributed by atoms with Gasteiger partial charge in [-0.25, -0.2) is 0 Å². The van der Waals surface area contributed by atoms with Crippen LogP contribution in [0.3, 0.4) is 0 Å². The molecule has 12 heteroatoms. The summed E-state index contributed by atoms with van der Waals surface area (Å²) in [5.41, 5.74) is 3.49. The van der Waals surface area contributed by atoms with Crippen molar-refractivity contribution in [2.45, 2.75) is 76.9 Å². The van der Waals surface area contributed by atoms with Crippen molar-refractivity contribution < 1.29 is 9.59 Å². The van der Waals surface area contributed by atoms with Gasteiger partial charge < -0.3 is 14.7 Å². The molecule has 3 atom stereocenters. The van der Waals surface area contributed by atoms with Crippen LogP contribution in [0.15, 0.2) is 24.9 Å². The number of nitrogens with zero attached hydrogens (tertiary/aromatic N) is 7. The molecular formula is C35H46Cl2N8O2.